The van der Waals surface area contributed by atoms with Gasteiger partial charge in [0.25, 0.3) is 0 Å². The smallest absolute Gasteiger partial charge is 0.126 e. The first-order valence-corrected chi connectivity index (χ1v) is 3.50. The minimum Gasteiger partial charge on any atom is -0.508 e. The average Bonchev–Trinajstić information content (AvgIpc) is 2.03. The zero-order valence-corrected chi connectivity index (χ0v) is 6.37. The molecule has 0 aromatic heterocycles. The van der Waals surface area contributed by atoms with Crippen molar-refractivity contribution in [1.82, 2.24) is 0 Å². The lowest BCUT2D eigenvalue weighted by molar-refractivity contribution is 0.265. The van der Waals surface area contributed by atoms with Gasteiger partial charge in [-0.3, -0.25) is 0 Å². The third kappa shape index (κ3) is 1.72. The highest BCUT2D eigenvalue weighted by atomic mass is 19.1. The molecule has 1 rings (SSSR count). The average molecular weight is 171 g/mol. The summed E-state index contributed by atoms with van der Waals surface area (Å²) in [4.78, 5) is 0. The van der Waals surface area contributed by atoms with Gasteiger partial charge in [0.15, 0.2) is 0 Å². The lowest BCUT2D eigenvalue weighted by Gasteiger charge is -2.09. The van der Waals surface area contributed by atoms with Crippen molar-refractivity contribution in [3.05, 3.63) is 29.6 Å². The minimum atomic E-state index is -0.661. The second-order valence-electron chi connectivity index (χ2n) is 2.49. The number of halogens is 1. The van der Waals surface area contributed by atoms with Gasteiger partial charge in [-0.05, 0) is 6.07 Å². The Labute approximate surface area is 69.3 Å². The van der Waals surface area contributed by atoms with Crippen LogP contribution in [0.1, 0.15) is 11.6 Å². The van der Waals surface area contributed by atoms with Crippen LogP contribution in [0.3, 0.4) is 0 Å². The van der Waals surface area contributed by atoms with Crippen LogP contribution < -0.4 is 5.73 Å². The van der Waals surface area contributed by atoms with Gasteiger partial charge in [-0.15, -0.1) is 0 Å². The van der Waals surface area contributed by atoms with E-state index in [0.29, 0.717) is 5.56 Å². The van der Waals surface area contributed by atoms with Gasteiger partial charge in [-0.1, -0.05) is 6.07 Å². The van der Waals surface area contributed by atoms with Gasteiger partial charge in [0, 0.05) is 11.6 Å². The number of hydrogen-bond acceptors (Lipinski definition) is 3. The lowest BCUT2D eigenvalue weighted by atomic mass is 10.1. The highest BCUT2D eigenvalue weighted by Gasteiger charge is 2.09. The molecule has 0 amide bonds. The van der Waals surface area contributed by atoms with E-state index in [1.165, 1.54) is 12.1 Å². The van der Waals surface area contributed by atoms with Crippen LogP contribution in [-0.2, 0) is 0 Å². The summed E-state index contributed by atoms with van der Waals surface area (Å²) in [5.74, 6) is -0.752. The van der Waals surface area contributed by atoms with Crippen LogP contribution in [0, 0.1) is 5.82 Å². The number of aliphatic hydroxyl groups is 1. The van der Waals surface area contributed by atoms with E-state index in [0.717, 1.165) is 6.07 Å². The summed E-state index contributed by atoms with van der Waals surface area (Å²) in [5, 5.41) is 17.8. The molecule has 3 nitrogen and oxygen atoms in total. The summed E-state index contributed by atoms with van der Waals surface area (Å²) in [7, 11) is 0. The Balaban J connectivity index is 3.01. The maximum absolute atomic E-state index is 12.5. The molecule has 0 aliphatic heterocycles. The van der Waals surface area contributed by atoms with Gasteiger partial charge in [-0.2, -0.15) is 0 Å². The van der Waals surface area contributed by atoms with Crippen molar-refractivity contribution >= 4 is 0 Å². The van der Waals surface area contributed by atoms with E-state index in [-0.39, 0.29) is 12.4 Å². The van der Waals surface area contributed by atoms with E-state index >= 15 is 0 Å². The highest BCUT2D eigenvalue weighted by Crippen LogP contribution is 2.22. The first-order valence-electron chi connectivity index (χ1n) is 3.50. The lowest BCUT2D eigenvalue weighted by Crippen LogP contribution is -2.14. The minimum absolute atomic E-state index is 0.225. The largest absolute Gasteiger partial charge is 0.508 e. The number of phenols is 1. The van der Waals surface area contributed by atoms with Gasteiger partial charge < -0.3 is 15.9 Å². The predicted molar refractivity (Wildman–Crippen MR) is 42.1 cm³/mol. The summed E-state index contributed by atoms with van der Waals surface area (Å²) in [6.45, 7) is -0.279. The fourth-order valence-corrected chi connectivity index (χ4v) is 0.929. The molecule has 0 heterocycles. The molecule has 0 aliphatic carbocycles. The Morgan fingerprint density at radius 1 is 1.50 bits per heavy atom. The van der Waals surface area contributed by atoms with Crippen LogP contribution in [0.4, 0.5) is 4.39 Å². The third-order valence-electron chi connectivity index (χ3n) is 1.59. The van der Waals surface area contributed by atoms with Crippen LogP contribution >= 0.6 is 0 Å². The van der Waals surface area contributed by atoms with Gasteiger partial charge >= 0.3 is 0 Å². The van der Waals surface area contributed by atoms with Crippen molar-refractivity contribution in [1.29, 1.82) is 0 Å². The molecule has 0 fully saturated rings. The highest BCUT2D eigenvalue weighted by molar-refractivity contribution is 5.34. The van der Waals surface area contributed by atoms with Crippen molar-refractivity contribution < 1.29 is 14.6 Å². The SMILES string of the molecule is N[C@H](CO)c1ccc(F)cc1O. The van der Waals surface area contributed by atoms with E-state index < -0.39 is 11.9 Å². The van der Waals surface area contributed by atoms with E-state index in [1.54, 1.807) is 0 Å². The number of aliphatic hydroxyl groups excluding tert-OH is 1. The zero-order chi connectivity index (χ0) is 9.14. The molecule has 0 saturated heterocycles. The van der Waals surface area contributed by atoms with Crippen LogP contribution in [0.2, 0.25) is 0 Å². The predicted octanol–water partition coefficient (Wildman–Crippen LogP) is 0.523. The summed E-state index contributed by atoms with van der Waals surface area (Å²) >= 11 is 0. The van der Waals surface area contributed by atoms with Crippen molar-refractivity contribution in [3.63, 3.8) is 0 Å². The van der Waals surface area contributed by atoms with E-state index in [1.807, 2.05) is 0 Å². The second-order valence-corrected chi connectivity index (χ2v) is 2.49. The first-order chi connectivity index (χ1) is 5.65. The molecule has 0 saturated carbocycles. The van der Waals surface area contributed by atoms with Crippen molar-refractivity contribution in [2.75, 3.05) is 6.61 Å². The van der Waals surface area contributed by atoms with Gasteiger partial charge in [0.1, 0.15) is 11.6 Å². The molecule has 4 N–H and O–H groups in total. The molecule has 0 radical (unpaired) electrons. The molecule has 12 heavy (non-hydrogen) atoms. The van der Waals surface area contributed by atoms with E-state index in [9.17, 15) is 4.39 Å². The number of phenolic OH excluding ortho intramolecular Hbond substituents is 1. The van der Waals surface area contributed by atoms with Gasteiger partial charge in [0.05, 0.1) is 12.6 Å². The van der Waals surface area contributed by atoms with Crippen molar-refractivity contribution in [3.8, 4) is 5.75 Å². The topological polar surface area (TPSA) is 66.5 Å². The Morgan fingerprint density at radius 3 is 2.67 bits per heavy atom. The molecule has 0 bridgehead atoms. The molecule has 1 aromatic carbocycles. The van der Waals surface area contributed by atoms with Crippen LogP contribution in [0.5, 0.6) is 5.75 Å². The molecule has 1 aromatic rings. The second kappa shape index (κ2) is 3.51. The summed E-state index contributed by atoms with van der Waals surface area (Å²) in [6.07, 6.45) is 0. The van der Waals surface area contributed by atoms with Crippen LogP contribution in [0.15, 0.2) is 18.2 Å². The monoisotopic (exact) mass is 171 g/mol. The summed E-state index contributed by atoms with van der Waals surface area (Å²) < 4.78 is 12.5. The van der Waals surface area contributed by atoms with Crippen LogP contribution in [0.25, 0.3) is 0 Å². The molecular weight excluding hydrogens is 161 g/mol. The Bertz CT molecular complexity index is 278. The molecule has 0 unspecified atom stereocenters. The molecular formula is C8H10FNO2. The summed E-state index contributed by atoms with van der Waals surface area (Å²) in [5.41, 5.74) is 5.76. The molecule has 1 atom stereocenters. The van der Waals surface area contributed by atoms with Crippen molar-refractivity contribution in [2.24, 2.45) is 5.73 Å². The Morgan fingerprint density at radius 2 is 2.17 bits per heavy atom. The number of rotatable bonds is 2. The fraction of sp³-hybridized carbons (Fsp3) is 0.250. The maximum atomic E-state index is 12.5. The van der Waals surface area contributed by atoms with Gasteiger partial charge in [-0.25, -0.2) is 4.39 Å². The molecule has 0 spiro atoms. The zero-order valence-electron chi connectivity index (χ0n) is 6.37. The maximum Gasteiger partial charge on any atom is 0.126 e. The molecule has 66 valence electrons. The fourth-order valence-electron chi connectivity index (χ4n) is 0.929. The Kier molecular flexibility index (Phi) is 2.62. The van der Waals surface area contributed by atoms with Crippen LogP contribution in [-0.4, -0.2) is 16.8 Å². The molecule has 0 aliphatic rings. The van der Waals surface area contributed by atoms with E-state index in [2.05, 4.69) is 0 Å². The summed E-state index contributed by atoms with van der Waals surface area (Å²) in [6, 6.07) is 2.84. The molecule has 4 heteroatoms. The third-order valence-corrected chi connectivity index (χ3v) is 1.59. The van der Waals surface area contributed by atoms with Gasteiger partial charge in [0.2, 0.25) is 0 Å². The first kappa shape index (κ1) is 8.96. The van der Waals surface area contributed by atoms with E-state index in [4.69, 9.17) is 15.9 Å². The number of aromatic hydroxyl groups is 1. The standard InChI is InChI=1S/C8H10FNO2/c9-5-1-2-6(7(10)4-11)8(12)3-5/h1-3,7,11-12H,4,10H2/t7-/m1/s1. The quantitative estimate of drug-likeness (QED) is 0.607. The number of hydrogen-bond donors (Lipinski definition) is 3. The number of benzene rings is 1. The normalized spacial score (nSPS) is 12.9. The van der Waals surface area contributed by atoms with Crippen molar-refractivity contribution in [2.45, 2.75) is 6.04 Å². The Hall–Kier alpha value is -1.13. The number of nitrogens with two attached hydrogens (primary N) is 1.